The highest BCUT2D eigenvalue weighted by Gasteiger charge is 2.32. The largest absolute Gasteiger partial charge is 0.453 e. The first kappa shape index (κ1) is 22.1. The fourth-order valence-electron chi connectivity index (χ4n) is 2.74. The van der Waals surface area contributed by atoms with Crippen molar-refractivity contribution in [3.63, 3.8) is 0 Å². The standard InChI is InChI=1S/C21H26N4O4/c1-13(2)21(4,12-22)24-19(27)14(3)29-18(26)11-10-17-23-20(28)15-8-6-7-9-16(15)25(17)5/h6-9,13-14H,10-11H2,1-5H3,(H,24,27). The summed E-state index contributed by atoms with van der Waals surface area (Å²) in [5.74, 6) is -0.773. The van der Waals surface area contributed by atoms with Crippen molar-refractivity contribution in [2.24, 2.45) is 13.0 Å². The first-order valence-electron chi connectivity index (χ1n) is 9.46. The lowest BCUT2D eigenvalue weighted by molar-refractivity contribution is -0.155. The Balaban J connectivity index is 2.01. The van der Waals surface area contributed by atoms with Crippen LogP contribution in [0.2, 0.25) is 0 Å². The molecular weight excluding hydrogens is 372 g/mol. The van der Waals surface area contributed by atoms with Gasteiger partial charge in [-0.15, -0.1) is 0 Å². The van der Waals surface area contributed by atoms with E-state index >= 15 is 0 Å². The molecule has 154 valence electrons. The van der Waals surface area contributed by atoms with Crippen LogP contribution in [0.4, 0.5) is 0 Å². The summed E-state index contributed by atoms with van der Waals surface area (Å²) in [5, 5.41) is 12.4. The SMILES string of the molecule is CC(OC(=O)CCc1nc(=O)c2ccccc2n1C)C(=O)NC(C)(C#N)C(C)C. The van der Waals surface area contributed by atoms with E-state index in [2.05, 4.69) is 16.4 Å². The minimum atomic E-state index is -1.05. The van der Waals surface area contributed by atoms with Crippen molar-refractivity contribution in [1.29, 1.82) is 5.26 Å². The summed E-state index contributed by atoms with van der Waals surface area (Å²) < 4.78 is 6.95. The summed E-state index contributed by atoms with van der Waals surface area (Å²) in [6.07, 6.45) is -0.871. The first-order valence-corrected chi connectivity index (χ1v) is 9.46. The van der Waals surface area contributed by atoms with Crippen LogP contribution in [0.1, 0.15) is 39.9 Å². The summed E-state index contributed by atoms with van der Waals surface area (Å²) in [6, 6.07) is 9.19. The molecule has 0 radical (unpaired) electrons. The van der Waals surface area contributed by atoms with Crippen LogP contribution in [0.5, 0.6) is 0 Å². The van der Waals surface area contributed by atoms with Gasteiger partial charge in [-0.1, -0.05) is 26.0 Å². The summed E-state index contributed by atoms with van der Waals surface area (Å²) in [5.41, 5.74) is -0.669. The zero-order valence-corrected chi connectivity index (χ0v) is 17.4. The van der Waals surface area contributed by atoms with Gasteiger partial charge in [-0.05, 0) is 31.9 Å². The van der Waals surface area contributed by atoms with Gasteiger partial charge in [0, 0.05) is 13.5 Å². The molecule has 0 saturated heterocycles. The lowest BCUT2D eigenvalue weighted by Gasteiger charge is -2.28. The number of nitrogens with one attached hydrogen (secondary N) is 1. The molecule has 0 aliphatic rings. The molecule has 2 rings (SSSR count). The van der Waals surface area contributed by atoms with Gasteiger partial charge >= 0.3 is 5.97 Å². The molecule has 0 bridgehead atoms. The number of rotatable bonds is 7. The van der Waals surface area contributed by atoms with Crippen LogP contribution in [0.25, 0.3) is 10.9 Å². The Morgan fingerprint density at radius 3 is 2.59 bits per heavy atom. The van der Waals surface area contributed by atoms with Crippen LogP contribution in [0.3, 0.4) is 0 Å². The Hall–Kier alpha value is -3.21. The predicted molar refractivity (Wildman–Crippen MR) is 108 cm³/mol. The van der Waals surface area contributed by atoms with Crippen molar-refractivity contribution < 1.29 is 14.3 Å². The third-order valence-corrected chi connectivity index (χ3v) is 5.11. The monoisotopic (exact) mass is 398 g/mol. The quantitative estimate of drug-likeness (QED) is 0.712. The van der Waals surface area contributed by atoms with Crippen molar-refractivity contribution in [1.82, 2.24) is 14.9 Å². The highest BCUT2D eigenvalue weighted by molar-refractivity contribution is 5.84. The minimum absolute atomic E-state index is 0.0318. The topological polar surface area (TPSA) is 114 Å². The van der Waals surface area contributed by atoms with E-state index < -0.39 is 23.5 Å². The van der Waals surface area contributed by atoms with Gasteiger partial charge in [0.05, 0.1) is 23.4 Å². The van der Waals surface area contributed by atoms with Gasteiger partial charge in [0.1, 0.15) is 11.4 Å². The Bertz CT molecular complexity index is 1020. The average Bonchev–Trinajstić information content (AvgIpc) is 2.69. The van der Waals surface area contributed by atoms with Gasteiger partial charge in [-0.3, -0.25) is 14.4 Å². The normalized spacial score (nSPS) is 14.1. The van der Waals surface area contributed by atoms with Gasteiger partial charge in [-0.25, -0.2) is 0 Å². The zero-order valence-electron chi connectivity index (χ0n) is 17.4. The van der Waals surface area contributed by atoms with E-state index in [1.165, 1.54) is 6.92 Å². The Kier molecular flexibility index (Phi) is 6.75. The number of benzene rings is 1. The molecule has 2 atom stereocenters. The van der Waals surface area contributed by atoms with Gasteiger partial charge in [-0.2, -0.15) is 10.2 Å². The number of carbonyl (C=O) groups is 2. The fraction of sp³-hybridized carbons (Fsp3) is 0.476. The summed E-state index contributed by atoms with van der Waals surface area (Å²) >= 11 is 0. The molecule has 1 aromatic heterocycles. The number of hydrogen-bond donors (Lipinski definition) is 1. The molecule has 1 heterocycles. The number of carbonyl (C=O) groups excluding carboxylic acids is 2. The third kappa shape index (κ3) is 4.99. The highest BCUT2D eigenvalue weighted by Crippen LogP contribution is 2.16. The number of aromatic nitrogens is 2. The summed E-state index contributed by atoms with van der Waals surface area (Å²) in [7, 11) is 1.78. The molecule has 0 saturated carbocycles. The molecule has 8 nitrogen and oxygen atoms in total. The molecule has 8 heteroatoms. The maximum atomic E-state index is 12.3. The molecule has 0 aliphatic carbocycles. The predicted octanol–water partition coefficient (Wildman–Crippen LogP) is 1.85. The second kappa shape index (κ2) is 8.86. The van der Waals surface area contributed by atoms with Crippen molar-refractivity contribution in [3.05, 3.63) is 40.4 Å². The van der Waals surface area contributed by atoms with E-state index in [1.807, 2.05) is 26.0 Å². The van der Waals surface area contributed by atoms with Gasteiger partial charge < -0.3 is 14.6 Å². The second-order valence-corrected chi connectivity index (χ2v) is 7.50. The average molecular weight is 398 g/mol. The number of aryl methyl sites for hydroxylation is 2. The number of esters is 1. The summed E-state index contributed by atoms with van der Waals surface area (Å²) in [6.45, 7) is 6.72. The Morgan fingerprint density at radius 1 is 1.31 bits per heavy atom. The van der Waals surface area contributed by atoms with Crippen molar-refractivity contribution in [2.75, 3.05) is 0 Å². The van der Waals surface area contributed by atoms with E-state index in [1.54, 1.807) is 30.7 Å². The van der Waals surface area contributed by atoms with Gasteiger partial charge in [0.15, 0.2) is 6.10 Å². The molecule has 0 spiro atoms. The first-order chi connectivity index (χ1) is 13.6. The number of ether oxygens (including phenoxy) is 1. The fourth-order valence-corrected chi connectivity index (χ4v) is 2.74. The Labute approximate surface area is 169 Å². The number of amides is 1. The van der Waals surface area contributed by atoms with Gasteiger partial charge in [0.25, 0.3) is 11.5 Å². The zero-order chi connectivity index (χ0) is 21.8. The van der Waals surface area contributed by atoms with Crippen LogP contribution in [-0.4, -0.2) is 33.1 Å². The number of nitriles is 1. The molecule has 0 aliphatic heterocycles. The van der Waals surface area contributed by atoms with Crippen LogP contribution < -0.4 is 10.9 Å². The molecule has 0 fully saturated rings. The smallest absolute Gasteiger partial charge is 0.307 e. The maximum absolute atomic E-state index is 12.3. The van der Waals surface area contributed by atoms with Crippen molar-refractivity contribution in [3.8, 4) is 6.07 Å². The molecule has 1 N–H and O–H groups in total. The van der Waals surface area contributed by atoms with Gasteiger partial charge in [0.2, 0.25) is 0 Å². The maximum Gasteiger partial charge on any atom is 0.307 e. The second-order valence-electron chi connectivity index (χ2n) is 7.50. The third-order valence-electron chi connectivity index (χ3n) is 5.11. The molecule has 1 amide bonds. The highest BCUT2D eigenvalue weighted by atomic mass is 16.5. The molecule has 2 aromatic rings. The van der Waals surface area contributed by atoms with Crippen LogP contribution in [-0.2, 0) is 27.8 Å². The van der Waals surface area contributed by atoms with Crippen molar-refractivity contribution >= 4 is 22.8 Å². The summed E-state index contributed by atoms with van der Waals surface area (Å²) in [4.78, 5) is 40.7. The molecular formula is C21H26N4O4. The number of nitrogens with zero attached hydrogens (tertiary/aromatic N) is 3. The lowest BCUT2D eigenvalue weighted by Crippen LogP contribution is -2.52. The number of para-hydroxylation sites is 1. The number of fused-ring (bicyclic) bond motifs is 1. The molecule has 29 heavy (non-hydrogen) atoms. The molecule has 1 aromatic carbocycles. The van der Waals surface area contributed by atoms with E-state index in [4.69, 9.17) is 4.74 Å². The van der Waals surface area contributed by atoms with Crippen LogP contribution in [0.15, 0.2) is 29.1 Å². The lowest BCUT2D eigenvalue weighted by atomic mass is 9.90. The van der Waals surface area contributed by atoms with Crippen molar-refractivity contribution in [2.45, 2.75) is 52.2 Å². The van der Waals surface area contributed by atoms with E-state index in [-0.39, 0.29) is 24.3 Å². The van der Waals surface area contributed by atoms with E-state index in [0.717, 1.165) is 5.52 Å². The van der Waals surface area contributed by atoms with E-state index in [9.17, 15) is 19.6 Å². The van der Waals surface area contributed by atoms with Crippen LogP contribution >= 0.6 is 0 Å². The minimum Gasteiger partial charge on any atom is -0.453 e. The Morgan fingerprint density at radius 2 is 1.97 bits per heavy atom. The number of hydrogen-bond acceptors (Lipinski definition) is 6. The van der Waals surface area contributed by atoms with Crippen LogP contribution in [0, 0.1) is 17.2 Å². The van der Waals surface area contributed by atoms with E-state index in [0.29, 0.717) is 11.2 Å². The molecule has 2 unspecified atom stereocenters.